The third kappa shape index (κ3) is 6.48. The number of hydrogen-bond donors (Lipinski definition) is 0. The van der Waals surface area contributed by atoms with Crippen LogP contribution in [-0.4, -0.2) is 61.2 Å². The normalized spacial score (nSPS) is 25.1. The molecule has 4 rings (SSSR count). The summed E-state index contributed by atoms with van der Waals surface area (Å²) in [4.78, 5) is 49.5. The second-order valence-electron chi connectivity index (χ2n) is 9.61. The van der Waals surface area contributed by atoms with Crippen molar-refractivity contribution >= 4 is 35.6 Å². The smallest absolute Gasteiger partial charge is 0.303 e. The van der Waals surface area contributed by atoms with Gasteiger partial charge >= 0.3 is 23.9 Å². The van der Waals surface area contributed by atoms with Gasteiger partial charge in [-0.1, -0.05) is 24.3 Å². The lowest BCUT2D eigenvalue weighted by molar-refractivity contribution is -0.370. The van der Waals surface area contributed by atoms with E-state index < -0.39 is 54.1 Å². The Labute approximate surface area is 236 Å². The van der Waals surface area contributed by atoms with Crippen molar-refractivity contribution in [3.63, 3.8) is 0 Å². The van der Waals surface area contributed by atoms with Crippen LogP contribution in [-0.2, 0) is 66.4 Å². The Morgan fingerprint density at radius 3 is 2.08 bits per heavy atom. The fourth-order valence-corrected chi connectivity index (χ4v) is 5.43. The minimum absolute atomic E-state index is 0.112. The molecule has 2 aliphatic heterocycles. The van der Waals surface area contributed by atoms with Crippen molar-refractivity contribution in [1.29, 1.82) is 0 Å². The average molecular weight is 573 g/mol. The zero-order chi connectivity index (χ0) is 29.0. The first-order valence-corrected chi connectivity index (χ1v) is 14.0. The van der Waals surface area contributed by atoms with Crippen LogP contribution in [0.5, 0.6) is 0 Å². The molecule has 40 heavy (non-hydrogen) atoms. The fourth-order valence-electron chi connectivity index (χ4n) is 5.02. The molecule has 0 unspecified atom stereocenters. The second kappa shape index (κ2) is 12.4. The molecule has 10 nitrogen and oxygen atoms in total. The van der Waals surface area contributed by atoms with E-state index in [0.717, 1.165) is 21.6 Å². The van der Waals surface area contributed by atoms with E-state index in [2.05, 4.69) is 24.3 Å². The zero-order valence-electron chi connectivity index (χ0n) is 23.0. The summed E-state index contributed by atoms with van der Waals surface area (Å²) in [7, 11) is 0. The molecule has 0 N–H and O–H groups in total. The summed E-state index contributed by atoms with van der Waals surface area (Å²) in [6, 6.07) is 14.0. The van der Waals surface area contributed by atoms with Crippen LogP contribution >= 0.6 is 11.8 Å². The molecule has 0 aromatic heterocycles. The Morgan fingerprint density at radius 1 is 0.850 bits per heavy atom. The number of esters is 4. The minimum Gasteiger partial charge on any atom is -0.463 e. The van der Waals surface area contributed by atoms with Gasteiger partial charge in [-0.2, -0.15) is 0 Å². The first kappa shape index (κ1) is 29.6. The van der Waals surface area contributed by atoms with Gasteiger partial charge in [-0.3, -0.25) is 19.2 Å². The maximum absolute atomic E-state index is 12.3. The molecule has 0 aliphatic carbocycles. The molecule has 2 heterocycles. The van der Waals surface area contributed by atoms with E-state index in [0.29, 0.717) is 12.0 Å². The molecule has 0 radical (unpaired) electrons. The van der Waals surface area contributed by atoms with Gasteiger partial charge in [-0.15, -0.1) is 11.8 Å². The number of carbonyl (C=O) groups excluding carboxylic acids is 4. The highest BCUT2D eigenvalue weighted by molar-refractivity contribution is 7.98. The highest BCUT2D eigenvalue weighted by Gasteiger charge is 2.64. The minimum atomic E-state index is -1.73. The van der Waals surface area contributed by atoms with Gasteiger partial charge in [-0.25, -0.2) is 0 Å². The van der Waals surface area contributed by atoms with Crippen LogP contribution < -0.4 is 0 Å². The SMILES string of the molecule is CSc1ccc(Cc2ccc3c(c2)[C@]2(OC3)O[C@H](COC(C)=O)[C@@H](OC(C)=O)[C@H](OC(C)=O)[C@H]2OC(C)=O)cc1. The number of hydrogen-bond acceptors (Lipinski definition) is 11. The van der Waals surface area contributed by atoms with Gasteiger partial charge in [0.2, 0.25) is 11.9 Å². The highest BCUT2D eigenvalue weighted by Crippen LogP contribution is 2.49. The Kier molecular flexibility index (Phi) is 9.17. The van der Waals surface area contributed by atoms with Crippen LogP contribution in [0.1, 0.15) is 49.9 Å². The molecule has 11 heteroatoms. The van der Waals surface area contributed by atoms with E-state index in [-0.39, 0.29) is 13.2 Å². The first-order chi connectivity index (χ1) is 19.0. The van der Waals surface area contributed by atoms with Crippen molar-refractivity contribution in [2.75, 3.05) is 12.9 Å². The second-order valence-corrected chi connectivity index (χ2v) is 10.5. The largest absolute Gasteiger partial charge is 0.463 e. The molecule has 1 saturated heterocycles. The van der Waals surface area contributed by atoms with E-state index in [1.807, 2.05) is 24.5 Å². The van der Waals surface area contributed by atoms with Crippen LogP contribution in [0.25, 0.3) is 0 Å². The van der Waals surface area contributed by atoms with Crippen molar-refractivity contribution in [3.05, 3.63) is 64.7 Å². The van der Waals surface area contributed by atoms with Crippen LogP contribution in [0.2, 0.25) is 0 Å². The third-order valence-electron chi connectivity index (χ3n) is 6.60. The summed E-state index contributed by atoms with van der Waals surface area (Å²) < 4.78 is 34.7. The molecule has 0 amide bonds. The average Bonchev–Trinajstić information content (AvgIpc) is 3.24. The molecule has 214 valence electrons. The topological polar surface area (TPSA) is 124 Å². The zero-order valence-corrected chi connectivity index (χ0v) is 23.8. The number of benzene rings is 2. The van der Waals surface area contributed by atoms with Crippen molar-refractivity contribution in [2.45, 2.75) is 75.8 Å². The predicted molar refractivity (Wildman–Crippen MR) is 142 cm³/mol. The summed E-state index contributed by atoms with van der Waals surface area (Å²) in [5.74, 6) is -4.41. The van der Waals surface area contributed by atoms with E-state index in [4.69, 9.17) is 28.4 Å². The number of ether oxygens (including phenoxy) is 6. The lowest BCUT2D eigenvalue weighted by Crippen LogP contribution is -2.66. The van der Waals surface area contributed by atoms with Crippen molar-refractivity contribution in [1.82, 2.24) is 0 Å². The van der Waals surface area contributed by atoms with Gasteiger partial charge in [0.25, 0.3) is 0 Å². The summed E-state index contributed by atoms with van der Waals surface area (Å²) in [6.07, 6.45) is -2.42. The van der Waals surface area contributed by atoms with Gasteiger partial charge in [-0.05, 0) is 47.6 Å². The Balaban J connectivity index is 1.80. The van der Waals surface area contributed by atoms with Crippen LogP contribution in [0, 0.1) is 0 Å². The van der Waals surface area contributed by atoms with Crippen molar-refractivity contribution in [3.8, 4) is 0 Å². The van der Waals surface area contributed by atoms with Crippen molar-refractivity contribution < 1.29 is 47.6 Å². The highest BCUT2D eigenvalue weighted by atomic mass is 32.2. The Bertz CT molecular complexity index is 1280. The molecule has 1 fully saturated rings. The van der Waals surface area contributed by atoms with E-state index >= 15 is 0 Å². The number of thioether (sulfide) groups is 1. The van der Waals surface area contributed by atoms with Gasteiger partial charge in [0, 0.05) is 38.2 Å². The number of carbonyl (C=O) groups is 4. The van der Waals surface area contributed by atoms with Crippen LogP contribution in [0.4, 0.5) is 0 Å². The van der Waals surface area contributed by atoms with Gasteiger partial charge in [0.15, 0.2) is 12.2 Å². The lowest BCUT2D eigenvalue weighted by atomic mass is 9.85. The van der Waals surface area contributed by atoms with E-state index in [1.54, 1.807) is 11.8 Å². The van der Waals surface area contributed by atoms with Gasteiger partial charge in [0.05, 0.1) is 6.61 Å². The molecule has 2 aromatic rings. The molecule has 0 bridgehead atoms. The summed E-state index contributed by atoms with van der Waals surface area (Å²) in [6.45, 7) is 4.57. The summed E-state index contributed by atoms with van der Waals surface area (Å²) >= 11 is 1.66. The number of rotatable bonds is 8. The van der Waals surface area contributed by atoms with Crippen LogP contribution in [0.15, 0.2) is 47.4 Å². The monoisotopic (exact) mass is 572 g/mol. The summed E-state index contributed by atoms with van der Waals surface area (Å²) in [5.41, 5.74) is 3.38. The maximum atomic E-state index is 12.3. The quantitative estimate of drug-likeness (QED) is 0.263. The lowest BCUT2D eigenvalue weighted by Gasteiger charge is -2.49. The van der Waals surface area contributed by atoms with Crippen LogP contribution in [0.3, 0.4) is 0 Å². The molecule has 1 spiro atoms. The van der Waals surface area contributed by atoms with Gasteiger partial charge in [0.1, 0.15) is 12.7 Å². The molecular formula is C29H32O10S. The first-order valence-electron chi connectivity index (χ1n) is 12.7. The van der Waals surface area contributed by atoms with Crippen molar-refractivity contribution in [2.24, 2.45) is 0 Å². The van der Waals surface area contributed by atoms with E-state index in [9.17, 15) is 19.2 Å². The van der Waals surface area contributed by atoms with Gasteiger partial charge < -0.3 is 28.4 Å². The predicted octanol–water partition coefficient (Wildman–Crippen LogP) is 3.44. The molecular weight excluding hydrogens is 540 g/mol. The molecule has 5 atom stereocenters. The molecule has 2 aliphatic rings. The third-order valence-corrected chi connectivity index (χ3v) is 7.34. The Morgan fingerprint density at radius 2 is 1.48 bits per heavy atom. The fraction of sp³-hybridized carbons (Fsp3) is 0.448. The molecule has 2 aromatic carbocycles. The maximum Gasteiger partial charge on any atom is 0.303 e. The Hall–Kier alpha value is -3.41. The standard InChI is InChI=1S/C29H32O10S/c1-16(30)34-15-25-26(36-17(2)31)27(37-18(3)32)28(38-19(4)33)29(39-25)24-13-21(6-9-22(24)14-35-29)12-20-7-10-23(40-5)11-8-20/h6-11,13,25-28H,12,14-15H2,1-5H3/t25-,26-,27+,28-,29+/m1/s1. The number of fused-ring (bicyclic) bond motifs is 2. The van der Waals surface area contributed by atoms with E-state index in [1.165, 1.54) is 27.7 Å². The molecule has 0 saturated carbocycles. The summed E-state index contributed by atoms with van der Waals surface area (Å²) in [5, 5.41) is 0.